The zero-order valence-corrected chi connectivity index (χ0v) is 13.6. The molecule has 0 saturated carbocycles. The van der Waals surface area contributed by atoms with Crippen molar-refractivity contribution in [3.8, 4) is 0 Å². The Morgan fingerprint density at radius 1 is 1.10 bits per heavy atom. The molecule has 0 bridgehead atoms. The minimum Gasteiger partial charge on any atom is -0.293 e. The standard InChI is InChI=1S/C17H16BrClO/c1-2-12-8-10-14(11-9-12)17(20)15(18)16(19)13-6-4-3-5-7-13/h3-11,15-16H,2H2,1H3/t15-,16-/m1/s1. The third-order valence-corrected chi connectivity index (χ3v) is 5.02. The molecule has 0 saturated heterocycles. The summed E-state index contributed by atoms with van der Waals surface area (Å²) in [5, 5.41) is -0.380. The van der Waals surface area contributed by atoms with Gasteiger partial charge < -0.3 is 0 Å². The summed E-state index contributed by atoms with van der Waals surface area (Å²) < 4.78 is 0. The first-order valence-electron chi connectivity index (χ1n) is 6.59. The van der Waals surface area contributed by atoms with Gasteiger partial charge in [-0.05, 0) is 17.5 Å². The monoisotopic (exact) mass is 350 g/mol. The molecular formula is C17H16BrClO. The Kier molecular flexibility index (Phi) is 5.38. The van der Waals surface area contributed by atoms with Crippen molar-refractivity contribution in [3.63, 3.8) is 0 Å². The number of Topliss-reactive ketones (excluding diaryl/α,β-unsaturated/α-hetero) is 1. The molecule has 0 aliphatic rings. The van der Waals surface area contributed by atoms with E-state index in [1.54, 1.807) is 0 Å². The summed E-state index contributed by atoms with van der Waals surface area (Å²) in [5.41, 5.74) is 2.85. The average Bonchev–Trinajstić information content (AvgIpc) is 2.53. The molecule has 0 heterocycles. The molecule has 0 N–H and O–H groups in total. The highest BCUT2D eigenvalue weighted by Crippen LogP contribution is 2.31. The Morgan fingerprint density at radius 2 is 1.70 bits per heavy atom. The van der Waals surface area contributed by atoms with Gasteiger partial charge >= 0.3 is 0 Å². The third-order valence-electron chi connectivity index (χ3n) is 3.27. The summed E-state index contributed by atoms with van der Waals surface area (Å²) in [7, 11) is 0. The van der Waals surface area contributed by atoms with E-state index in [0.717, 1.165) is 12.0 Å². The number of carbonyl (C=O) groups excluding carboxylic acids is 1. The summed E-state index contributed by atoms with van der Waals surface area (Å²) in [6.07, 6.45) is 0.967. The van der Waals surface area contributed by atoms with Crippen molar-refractivity contribution < 1.29 is 4.79 Å². The van der Waals surface area contributed by atoms with Gasteiger partial charge in [-0.2, -0.15) is 0 Å². The quantitative estimate of drug-likeness (QED) is 0.536. The molecule has 2 aromatic carbocycles. The molecule has 0 radical (unpaired) electrons. The van der Waals surface area contributed by atoms with Gasteiger partial charge in [-0.3, -0.25) is 4.79 Å². The smallest absolute Gasteiger partial charge is 0.178 e. The van der Waals surface area contributed by atoms with E-state index in [0.29, 0.717) is 5.56 Å². The second-order valence-corrected chi connectivity index (χ2v) is 6.09. The fourth-order valence-corrected chi connectivity index (χ4v) is 2.83. The van der Waals surface area contributed by atoms with Crippen LogP contribution in [-0.4, -0.2) is 10.6 Å². The van der Waals surface area contributed by atoms with Gasteiger partial charge in [0.2, 0.25) is 0 Å². The first-order chi connectivity index (χ1) is 9.63. The molecular weight excluding hydrogens is 336 g/mol. The van der Waals surface area contributed by atoms with E-state index in [1.165, 1.54) is 5.56 Å². The van der Waals surface area contributed by atoms with E-state index in [9.17, 15) is 4.79 Å². The Balaban J connectivity index is 2.15. The minimum absolute atomic E-state index is 0.0107. The summed E-state index contributed by atoms with van der Waals surface area (Å²) in [4.78, 5) is 12.0. The highest BCUT2D eigenvalue weighted by Gasteiger charge is 2.26. The van der Waals surface area contributed by atoms with Gasteiger partial charge in [0.1, 0.15) is 0 Å². The molecule has 0 aliphatic heterocycles. The third kappa shape index (κ3) is 3.50. The van der Waals surface area contributed by atoms with Crippen LogP contribution in [0.5, 0.6) is 0 Å². The van der Waals surface area contributed by atoms with Crippen LogP contribution in [0.25, 0.3) is 0 Å². The number of alkyl halides is 2. The maximum atomic E-state index is 12.4. The molecule has 0 spiro atoms. The molecule has 2 rings (SSSR count). The largest absolute Gasteiger partial charge is 0.293 e. The van der Waals surface area contributed by atoms with Gasteiger partial charge in [0, 0.05) is 5.56 Å². The molecule has 0 aliphatic carbocycles. The van der Waals surface area contributed by atoms with E-state index in [1.807, 2.05) is 54.6 Å². The van der Waals surface area contributed by atoms with Crippen LogP contribution in [0, 0.1) is 0 Å². The molecule has 0 unspecified atom stereocenters. The molecule has 1 nitrogen and oxygen atoms in total. The summed E-state index contributed by atoms with van der Waals surface area (Å²) in [6, 6.07) is 17.3. The molecule has 2 aromatic rings. The molecule has 0 fully saturated rings. The molecule has 0 amide bonds. The number of hydrogen-bond donors (Lipinski definition) is 0. The lowest BCUT2D eigenvalue weighted by molar-refractivity contribution is 0.0990. The van der Waals surface area contributed by atoms with Crippen LogP contribution < -0.4 is 0 Å². The second kappa shape index (κ2) is 7.05. The Hall–Kier alpha value is -1.12. The lowest BCUT2D eigenvalue weighted by Crippen LogP contribution is -2.19. The van der Waals surface area contributed by atoms with Crippen molar-refractivity contribution in [3.05, 3.63) is 71.3 Å². The van der Waals surface area contributed by atoms with Crippen LogP contribution in [0.2, 0.25) is 0 Å². The average molecular weight is 352 g/mol. The fourth-order valence-electron chi connectivity index (χ4n) is 2.00. The van der Waals surface area contributed by atoms with E-state index < -0.39 is 4.83 Å². The van der Waals surface area contributed by atoms with E-state index in [-0.39, 0.29) is 11.2 Å². The number of halogens is 2. The summed E-state index contributed by atoms with van der Waals surface area (Å²) in [5.74, 6) is 0.0107. The lowest BCUT2D eigenvalue weighted by Gasteiger charge is -2.16. The van der Waals surface area contributed by atoms with E-state index >= 15 is 0 Å². The molecule has 3 heteroatoms. The van der Waals surface area contributed by atoms with E-state index in [2.05, 4.69) is 22.9 Å². The first-order valence-corrected chi connectivity index (χ1v) is 7.95. The van der Waals surface area contributed by atoms with Crippen LogP contribution in [-0.2, 0) is 6.42 Å². The van der Waals surface area contributed by atoms with Crippen LogP contribution in [0.3, 0.4) is 0 Å². The Bertz CT molecular complexity index is 565. The summed E-state index contributed by atoms with van der Waals surface area (Å²) >= 11 is 9.83. The van der Waals surface area contributed by atoms with Crippen molar-refractivity contribution in [1.82, 2.24) is 0 Å². The van der Waals surface area contributed by atoms with Gasteiger partial charge in [0.25, 0.3) is 0 Å². The number of benzene rings is 2. The maximum Gasteiger partial charge on any atom is 0.178 e. The number of hydrogen-bond acceptors (Lipinski definition) is 1. The molecule has 2 atom stereocenters. The van der Waals surface area contributed by atoms with Crippen molar-refractivity contribution in [2.45, 2.75) is 23.5 Å². The zero-order valence-electron chi connectivity index (χ0n) is 11.2. The first kappa shape index (κ1) is 15.3. The molecule has 0 aromatic heterocycles. The predicted octanol–water partition coefficient (Wildman–Crippen LogP) is 5.18. The van der Waals surface area contributed by atoms with Crippen LogP contribution in [0.4, 0.5) is 0 Å². The summed E-state index contributed by atoms with van der Waals surface area (Å²) in [6.45, 7) is 2.09. The number of aryl methyl sites for hydroxylation is 1. The topological polar surface area (TPSA) is 17.1 Å². The predicted molar refractivity (Wildman–Crippen MR) is 87.9 cm³/mol. The van der Waals surface area contributed by atoms with Crippen molar-refractivity contribution >= 4 is 33.3 Å². The van der Waals surface area contributed by atoms with Gasteiger partial charge in [0.05, 0.1) is 10.2 Å². The van der Waals surface area contributed by atoms with Crippen LogP contribution >= 0.6 is 27.5 Å². The van der Waals surface area contributed by atoms with Crippen LogP contribution in [0.15, 0.2) is 54.6 Å². The Morgan fingerprint density at radius 3 is 2.25 bits per heavy atom. The lowest BCUT2D eigenvalue weighted by atomic mass is 10.0. The van der Waals surface area contributed by atoms with Crippen LogP contribution in [0.1, 0.15) is 33.8 Å². The number of carbonyl (C=O) groups is 1. The maximum absolute atomic E-state index is 12.4. The van der Waals surface area contributed by atoms with Gasteiger partial charge in [-0.1, -0.05) is 77.5 Å². The van der Waals surface area contributed by atoms with Gasteiger partial charge in [-0.15, -0.1) is 11.6 Å². The fraction of sp³-hybridized carbons (Fsp3) is 0.235. The highest BCUT2D eigenvalue weighted by atomic mass is 79.9. The normalized spacial score (nSPS) is 13.8. The van der Waals surface area contributed by atoms with Gasteiger partial charge in [0.15, 0.2) is 5.78 Å². The number of rotatable bonds is 5. The SMILES string of the molecule is CCc1ccc(C(=O)[C@H](Br)[C@H](Cl)c2ccccc2)cc1. The van der Waals surface area contributed by atoms with Crippen molar-refractivity contribution in [2.75, 3.05) is 0 Å². The zero-order chi connectivity index (χ0) is 14.5. The Labute approximate surface area is 133 Å². The van der Waals surface area contributed by atoms with Gasteiger partial charge in [-0.25, -0.2) is 0 Å². The highest BCUT2D eigenvalue weighted by molar-refractivity contribution is 9.10. The second-order valence-electron chi connectivity index (χ2n) is 4.63. The van der Waals surface area contributed by atoms with Crippen molar-refractivity contribution in [1.29, 1.82) is 0 Å². The number of ketones is 1. The van der Waals surface area contributed by atoms with E-state index in [4.69, 9.17) is 11.6 Å². The minimum atomic E-state index is -0.431. The molecule has 20 heavy (non-hydrogen) atoms. The van der Waals surface area contributed by atoms with Crippen molar-refractivity contribution in [2.24, 2.45) is 0 Å². The molecule has 104 valence electrons.